The fourth-order valence-electron chi connectivity index (χ4n) is 2.95. The van der Waals surface area contributed by atoms with E-state index in [1.54, 1.807) is 17.5 Å². The van der Waals surface area contributed by atoms with Gasteiger partial charge in [-0.3, -0.25) is 9.79 Å². The van der Waals surface area contributed by atoms with Crippen LogP contribution in [0.1, 0.15) is 33.3 Å². The minimum atomic E-state index is -0.715. The molecular formula is C16H20N2O4S. The van der Waals surface area contributed by atoms with Gasteiger partial charge in [0.05, 0.1) is 18.8 Å². The number of hydrogen-bond acceptors (Lipinski definition) is 7. The highest BCUT2D eigenvalue weighted by Gasteiger charge is 2.23. The van der Waals surface area contributed by atoms with Crippen LogP contribution in [0, 0.1) is 6.92 Å². The van der Waals surface area contributed by atoms with Crippen LogP contribution in [0.2, 0.25) is 0 Å². The fraction of sp³-hybridized carbons (Fsp3) is 0.500. The normalized spacial score (nSPS) is 16.0. The smallest absolute Gasteiger partial charge is 0.373 e. The number of hydrogen-bond donors (Lipinski definition) is 1. The largest absolute Gasteiger partial charge is 0.379 e. The van der Waals surface area contributed by atoms with Crippen molar-refractivity contribution in [3.05, 3.63) is 27.8 Å². The van der Waals surface area contributed by atoms with Gasteiger partial charge in [0, 0.05) is 36.1 Å². The SMILES string of the molecule is CCc1cnc2sc(CN3CCOCC3)c(C)c2c1C(=O)OO. The van der Waals surface area contributed by atoms with Crippen molar-refractivity contribution in [2.75, 3.05) is 26.3 Å². The van der Waals surface area contributed by atoms with Gasteiger partial charge in [0.25, 0.3) is 0 Å². The Kier molecular flexibility index (Phi) is 4.91. The third-order valence-corrected chi connectivity index (χ3v) is 5.46. The Morgan fingerprint density at radius 1 is 1.48 bits per heavy atom. The van der Waals surface area contributed by atoms with Crippen LogP contribution in [0.5, 0.6) is 0 Å². The second-order valence-corrected chi connectivity index (χ2v) is 6.69. The van der Waals surface area contributed by atoms with E-state index in [0.717, 1.165) is 54.2 Å². The minimum Gasteiger partial charge on any atom is -0.379 e. The summed E-state index contributed by atoms with van der Waals surface area (Å²) >= 11 is 1.60. The topological polar surface area (TPSA) is 71.9 Å². The number of pyridine rings is 1. The lowest BCUT2D eigenvalue weighted by atomic mass is 10.0. The van der Waals surface area contributed by atoms with E-state index in [9.17, 15) is 4.79 Å². The van der Waals surface area contributed by atoms with Gasteiger partial charge in [0.15, 0.2) is 0 Å². The molecule has 3 rings (SSSR count). The van der Waals surface area contributed by atoms with Crippen LogP contribution >= 0.6 is 11.3 Å². The number of rotatable bonds is 4. The third-order valence-electron chi connectivity index (χ3n) is 4.27. The summed E-state index contributed by atoms with van der Waals surface area (Å²) in [6.07, 6.45) is 2.35. The zero-order chi connectivity index (χ0) is 16.4. The van der Waals surface area contributed by atoms with Gasteiger partial charge >= 0.3 is 5.97 Å². The van der Waals surface area contributed by atoms with Crippen LogP contribution in [-0.4, -0.2) is 47.4 Å². The minimum absolute atomic E-state index is 0.432. The van der Waals surface area contributed by atoms with Gasteiger partial charge in [-0.2, -0.15) is 5.26 Å². The molecule has 0 bridgehead atoms. The molecule has 2 aromatic rings. The molecule has 1 saturated heterocycles. The molecule has 2 aromatic heterocycles. The number of carbonyl (C=O) groups excluding carboxylic acids is 1. The molecule has 23 heavy (non-hydrogen) atoms. The van der Waals surface area contributed by atoms with Crippen LogP contribution in [-0.2, 0) is 22.6 Å². The van der Waals surface area contributed by atoms with E-state index in [1.165, 1.54) is 4.88 Å². The second-order valence-electron chi connectivity index (χ2n) is 5.61. The van der Waals surface area contributed by atoms with Gasteiger partial charge in [-0.25, -0.2) is 9.78 Å². The molecule has 1 fully saturated rings. The van der Waals surface area contributed by atoms with Crippen LogP contribution < -0.4 is 0 Å². The quantitative estimate of drug-likeness (QED) is 0.683. The third kappa shape index (κ3) is 3.10. The van der Waals surface area contributed by atoms with Gasteiger partial charge in [-0.15, -0.1) is 11.3 Å². The molecule has 0 unspecified atom stereocenters. The van der Waals surface area contributed by atoms with Crippen molar-refractivity contribution in [3.63, 3.8) is 0 Å². The molecule has 1 aliphatic rings. The summed E-state index contributed by atoms with van der Waals surface area (Å²) in [6, 6.07) is 0. The van der Waals surface area contributed by atoms with E-state index in [-0.39, 0.29) is 0 Å². The summed E-state index contributed by atoms with van der Waals surface area (Å²) in [4.78, 5) is 24.9. The van der Waals surface area contributed by atoms with Crippen LogP contribution in [0.25, 0.3) is 10.2 Å². The van der Waals surface area contributed by atoms with E-state index in [1.807, 2.05) is 13.8 Å². The number of morpholine rings is 1. The van der Waals surface area contributed by atoms with Gasteiger partial charge < -0.3 is 4.74 Å². The molecule has 3 heterocycles. The number of carbonyl (C=O) groups is 1. The molecule has 0 aromatic carbocycles. The summed E-state index contributed by atoms with van der Waals surface area (Å²) in [6.45, 7) is 8.11. The van der Waals surface area contributed by atoms with E-state index in [4.69, 9.17) is 9.99 Å². The van der Waals surface area contributed by atoms with E-state index in [0.29, 0.717) is 12.0 Å². The summed E-state index contributed by atoms with van der Waals surface area (Å²) in [5, 5.41) is 9.64. The molecule has 0 atom stereocenters. The molecule has 0 radical (unpaired) electrons. The average molecular weight is 336 g/mol. The molecule has 124 valence electrons. The van der Waals surface area contributed by atoms with Crippen molar-refractivity contribution in [2.45, 2.75) is 26.8 Å². The summed E-state index contributed by atoms with van der Waals surface area (Å²) in [7, 11) is 0. The number of aromatic nitrogens is 1. The highest BCUT2D eigenvalue weighted by Crippen LogP contribution is 2.34. The first-order valence-electron chi connectivity index (χ1n) is 7.71. The maximum absolute atomic E-state index is 12.0. The lowest BCUT2D eigenvalue weighted by Crippen LogP contribution is -2.35. The fourth-order valence-corrected chi connectivity index (χ4v) is 4.15. The van der Waals surface area contributed by atoms with Crippen molar-refractivity contribution in [3.8, 4) is 0 Å². The first-order valence-corrected chi connectivity index (χ1v) is 8.53. The highest BCUT2D eigenvalue weighted by atomic mass is 32.1. The van der Waals surface area contributed by atoms with Crippen molar-refractivity contribution in [1.82, 2.24) is 9.88 Å². The summed E-state index contributed by atoms with van der Waals surface area (Å²) in [5.41, 5.74) is 2.26. The first kappa shape index (κ1) is 16.3. The molecule has 1 aliphatic heterocycles. The Bertz CT molecular complexity index is 722. The average Bonchev–Trinajstić information content (AvgIpc) is 2.90. The predicted molar refractivity (Wildman–Crippen MR) is 87.9 cm³/mol. The Hall–Kier alpha value is -1.54. The Balaban J connectivity index is 2.05. The standard InChI is InChI=1S/C16H20N2O4S/c1-3-11-8-17-15-13(14(11)16(19)22-20)10(2)12(23-15)9-18-4-6-21-7-5-18/h8,20H,3-7,9H2,1-2H3. The van der Waals surface area contributed by atoms with Crippen molar-refractivity contribution in [2.24, 2.45) is 0 Å². The maximum atomic E-state index is 12.0. The Labute approximate surface area is 138 Å². The van der Waals surface area contributed by atoms with Gasteiger partial charge in [-0.05, 0) is 24.5 Å². The molecule has 0 spiro atoms. The lowest BCUT2D eigenvalue weighted by Gasteiger charge is -2.26. The van der Waals surface area contributed by atoms with Crippen molar-refractivity contribution < 1.29 is 19.7 Å². The Morgan fingerprint density at radius 3 is 2.87 bits per heavy atom. The number of ether oxygens (including phenoxy) is 1. The monoisotopic (exact) mass is 336 g/mol. The number of thiophene rings is 1. The molecule has 0 amide bonds. The summed E-state index contributed by atoms with van der Waals surface area (Å²) in [5.74, 6) is -0.715. The zero-order valence-electron chi connectivity index (χ0n) is 13.3. The second kappa shape index (κ2) is 6.92. The zero-order valence-corrected chi connectivity index (χ0v) is 14.1. The molecule has 1 N–H and O–H groups in total. The molecule has 0 aliphatic carbocycles. The number of fused-ring (bicyclic) bond motifs is 1. The first-order chi connectivity index (χ1) is 11.2. The summed E-state index contributed by atoms with van der Waals surface area (Å²) < 4.78 is 5.38. The number of nitrogens with zero attached hydrogens (tertiary/aromatic N) is 2. The van der Waals surface area contributed by atoms with Crippen molar-refractivity contribution in [1.29, 1.82) is 0 Å². The Morgan fingerprint density at radius 2 is 2.22 bits per heavy atom. The van der Waals surface area contributed by atoms with Gasteiger partial charge in [0.2, 0.25) is 0 Å². The molecule has 0 saturated carbocycles. The van der Waals surface area contributed by atoms with Gasteiger partial charge in [0.1, 0.15) is 4.83 Å². The lowest BCUT2D eigenvalue weighted by molar-refractivity contribution is -0.182. The molecular weight excluding hydrogens is 316 g/mol. The molecule has 6 nitrogen and oxygen atoms in total. The van der Waals surface area contributed by atoms with E-state index < -0.39 is 5.97 Å². The maximum Gasteiger partial charge on any atom is 0.373 e. The van der Waals surface area contributed by atoms with Crippen LogP contribution in [0.4, 0.5) is 0 Å². The predicted octanol–water partition coefficient (Wildman–Crippen LogP) is 2.63. The number of aryl methyl sites for hydroxylation is 2. The molecule has 7 heteroatoms. The van der Waals surface area contributed by atoms with Gasteiger partial charge in [-0.1, -0.05) is 6.92 Å². The van der Waals surface area contributed by atoms with E-state index in [2.05, 4.69) is 14.8 Å². The van der Waals surface area contributed by atoms with Crippen LogP contribution in [0.3, 0.4) is 0 Å². The van der Waals surface area contributed by atoms with E-state index >= 15 is 0 Å². The highest BCUT2D eigenvalue weighted by molar-refractivity contribution is 7.18. The van der Waals surface area contributed by atoms with Crippen molar-refractivity contribution >= 4 is 27.5 Å². The van der Waals surface area contributed by atoms with Crippen LogP contribution in [0.15, 0.2) is 6.20 Å².